The molecule has 0 aromatic heterocycles. The fraction of sp³-hybridized carbons (Fsp3) is 1.00. The van der Waals surface area contributed by atoms with Gasteiger partial charge in [0.15, 0.2) is 0 Å². The van der Waals surface area contributed by atoms with Gasteiger partial charge in [-0.1, -0.05) is 27.0 Å². The summed E-state index contributed by atoms with van der Waals surface area (Å²) in [5.41, 5.74) is 0. The van der Waals surface area contributed by atoms with Gasteiger partial charge in [0.1, 0.15) is 6.71 Å². The third-order valence-corrected chi connectivity index (χ3v) is 1.67. The van der Waals surface area contributed by atoms with Crippen LogP contribution in [0, 0.1) is 0 Å². The Morgan fingerprint density at radius 1 is 1.44 bits per heavy atom. The second-order valence-corrected chi connectivity index (χ2v) is 2.57. The van der Waals surface area contributed by atoms with E-state index in [0.29, 0.717) is 0 Å². The Bertz CT molecular complexity index is 57.9. The van der Waals surface area contributed by atoms with Crippen molar-refractivity contribution < 1.29 is 5.11 Å². The van der Waals surface area contributed by atoms with Gasteiger partial charge >= 0.3 is 0 Å². The van der Waals surface area contributed by atoms with Gasteiger partial charge in [0.2, 0.25) is 0 Å². The van der Waals surface area contributed by atoms with Gasteiger partial charge in [-0.2, -0.15) is 0 Å². The number of rotatable bonds is 0. The van der Waals surface area contributed by atoms with E-state index in [0.717, 1.165) is 19.5 Å². The molecular formula is C7H17BO. The van der Waals surface area contributed by atoms with E-state index in [2.05, 4.69) is 6.82 Å². The van der Waals surface area contributed by atoms with Gasteiger partial charge in [0, 0.05) is 6.10 Å². The zero-order valence-electron chi connectivity index (χ0n) is 6.72. The van der Waals surface area contributed by atoms with Crippen LogP contribution in [0.5, 0.6) is 0 Å². The minimum Gasteiger partial charge on any atom is -0.394 e. The summed E-state index contributed by atoms with van der Waals surface area (Å²) < 4.78 is 0. The Balaban J connectivity index is 0.000000291. The molecule has 0 unspecified atom stereocenters. The molecular weight excluding hydrogens is 111 g/mol. The van der Waals surface area contributed by atoms with Crippen LogP contribution in [-0.2, 0) is 0 Å². The molecule has 9 heavy (non-hydrogen) atoms. The lowest BCUT2D eigenvalue weighted by atomic mass is 9.51. The third-order valence-electron chi connectivity index (χ3n) is 1.67. The van der Waals surface area contributed by atoms with Crippen molar-refractivity contribution in [2.45, 2.75) is 45.8 Å². The highest BCUT2D eigenvalue weighted by Gasteiger charge is 2.20. The SMILES string of the molecule is CB1CC[C@H](O)C1.CC. The van der Waals surface area contributed by atoms with Crippen LogP contribution in [0.2, 0.25) is 19.5 Å². The number of hydrogen-bond acceptors (Lipinski definition) is 1. The normalized spacial score (nSPS) is 25.3. The summed E-state index contributed by atoms with van der Waals surface area (Å²) in [6.45, 7) is 6.96. The molecule has 0 aromatic carbocycles. The van der Waals surface area contributed by atoms with Crippen LogP contribution >= 0.6 is 0 Å². The summed E-state index contributed by atoms with van der Waals surface area (Å²) in [6.07, 6.45) is 3.30. The summed E-state index contributed by atoms with van der Waals surface area (Å²) in [7, 11) is 0. The summed E-state index contributed by atoms with van der Waals surface area (Å²) in [4.78, 5) is 0. The first-order chi connectivity index (χ1) is 4.29. The molecule has 1 rings (SSSR count). The molecule has 1 heterocycles. The number of aliphatic hydroxyl groups excluding tert-OH is 1. The Morgan fingerprint density at radius 3 is 2.11 bits per heavy atom. The molecule has 54 valence electrons. The largest absolute Gasteiger partial charge is 0.394 e. The van der Waals surface area contributed by atoms with Crippen molar-refractivity contribution in [1.82, 2.24) is 0 Å². The van der Waals surface area contributed by atoms with Crippen molar-refractivity contribution in [3.8, 4) is 0 Å². The van der Waals surface area contributed by atoms with Crippen LogP contribution in [-0.4, -0.2) is 17.9 Å². The lowest BCUT2D eigenvalue weighted by Crippen LogP contribution is -2.02. The van der Waals surface area contributed by atoms with Crippen LogP contribution in [0.1, 0.15) is 20.3 Å². The van der Waals surface area contributed by atoms with Crippen molar-refractivity contribution in [2.24, 2.45) is 0 Å². The Morgan fingerprint density at radius 2 is 2.00 bits per heavy atom. The molecule has 0 aromatic rings. The lowest BCUT2D eigenvalue weighted by Gasteiger charge is -1.94. The monoisotopic (exact) mass is 128 g/mol. The van der Waals surface area contributed by atoms with E-state index in [9.17, 15) is 0 Å². The molecule has 0 aliphatic carbocycles. The van der Waals surface area contributed by atoms with E-state index < -0.39 is 0 Å². The highest BCUT2D eigenvalue weighted by molar-refractivity contribution is 6.58. The zero-order chi connectivity index (χ0) is 7.28. The maximum Gasteiger partial charge on any atom is 0.139 e. The van der Waals surface area contributed by atoms with Crippen molar-refractivity contribution in [1.29, 1.82) is 0 Å². The Kier molecular flexibility index (Phi) is 4.88. The van der Waals surface area contributed by atoms with Gasteiger partial charge in [-0.25, -0.2) is 0 Å². The highest BCUT2D eigenvalue weighted by atomic mass is 16.3. The quantitative estimate of drug-likeness (QED) is 0.494. The number of hydrogen-bond donors (Lipinski definition) is 1. The minimum atomic E-state index is 0.0231. The van der Waals surface area contributed by atoms with Gasteiger partial charge in [0.05, 0.1) is 0 Å². The van der Waals surface area contributed by atoms with Crippen LogP contribution in [0.3, 0.4) is 0 Å². The van der Waals surface area contributed by atoms with E-state index >= 15 is 0 Å². The first-order valence-electron chi connectivity index (χ1n) is 3.97. The summed E-state index contributed by atoms with van der Waals surface area (Å²) >= 11 is 0. The molecule has 0 radical (unpaired) electrons. The average Bonchev–Trinajstić information content (AvgIpc) is 2.20. The van der Waals surface area contributed by atoms with E-state index in [1.165, 1.54) is 6.32 Å². The molecule has 1 saturated heterocycles. The van der Waals surface area contributed by atoms with Crippen LogP contribution < -0.4 is 0 Å². The van der Waals surface area contributed by atoms with Crippen LogP contribution in [0.15, 0.2) is 0 Å². The van der Waals surface area contributed by atoms with Crippen molar-refractivity contribution in [3.63, 3.8) is 0 Å². The predicted molar refractivity (Wildman–Crippen MR) is 43.2 cm³/mol. The molecule has 2 heteroatoms. The summed E-state index contributed by atoms with van der Waals surface area (Å²) in [6, 6.07) is 0. The topological polar surface area (TPSA) is 20.2 Å². The molecule has 1 atom stereocenters. The van der Waals surface area contributed by atoms with Crippen molar-refractivity contribution in [3.05, 3.63) is 0 Å². The standard InChI is InChI=1S/C5H11BO.C2H6/c1-6-3-2-5(7)4-6;1-2/h5,7H,2-4H2,1H3;1-2H3/t5-;/m0./s1. The highest BCUT2D eigenvalue weighted by Crippen LogP contribution is 2.18. The molecule has 0 spiro atoms. The Labute approximate surface area is 58.5 Å². The molecule has 0 saturated carbocycles. The summed E-state index contributed by atoms with van der Waals surface area (Å²) in [5.74, 6) is 0. The predicted octanol–water partition coefficient (Wildman–Crippen LogP) is 1.90. The smallest absolute Gasteiger partial charge is 0.139 e. The first-order valence-corrected chi connectivity index (χ1v) is 3.97. The maximum atomic E-state index is 8.90. The van der Waals surface area contributed by atoms with E-state index in [1.54, 1.807) is 0 Å². The molecule has 0 amide bonds. The molecule has 1 fully saturated rings. The van der Waals surface area contributed by atoms with E-state index in [-0.39, 0.29) is 6.10 Å². The van der Waals surface area contributed by atoms with Crippen molar-refractivity contribution in [2.75, 3.05) is 0 Å². The molecule has 0 bridgehead atoms. The van der Waals surface area contributed by atoms with Gasteiger partial charge in [-0.05, 0) is 12.7 Å². The maximum absolute atomic E-state index is 8.90. The average molecular weight is 128 g/mol. The van der Waals surface area contributed by atoms with E-state index in [4.69, 9.17) is 5.11 Å². The number of aliphatic hydroxyl groups is 1. The molecule has 1 nitrogen and oxygen atoms in total. The van der Waals surface area contributed by atoms with Gasteiger partial charge in [-0.15, -0.1) is 0 Å². The second-order valence-electron chi connectivity index (χ2n) is 2.57. The first kappa shape index (κ1) is 9.02. The lowest BCUT2D eigenvalue weighted by molar-refractivity contribution is 0.199. The van der Waals surface area contributed by atoms with E-state index in [1.807, 2.05) is 13.8 Å². The fourth-order valence-electron chi connectivity index (χ4n) is 1.18. The van der Waals surface area contributed by atoms with Crippen molar-refractivity contribution >= 4 is 6.71 Å². The molecule has 1 aliphatic heterocycles. The fourth-order valence-corrected chi connectivity index (χ4v) is 1.18. The Hall–Kier alpha value is 0.0249. The van der Waals surface area contributed by atoms with Gasteiger partial charge in [-0.3, -0.25) is 0 Å². The van der Waals surface area contributed by atoms with Crippen LogP contribution in [0.25, 0.3) is 0 Å². The van der Waals surface area contributed by atoms with Gasteiger partial charge < -0.3 is 5.11 Å². The van der Waals surface area contributed by atoms with Crippen LogP contribution in [0.4, 0.5) is 0 Å². The molecule has 1 aliphatic rings. The minimum absolute atomic E-state index is 0.0231. The second kappa shape index (κ2) is 4.86. The zero-order valence-corrected chi connectivity index (χ0v) is 6.72. The summed E-state index contributed by atoms with van der Waals surface area (Å²) in [5, 5.41) is 8.90. The van der Waals surface area contributed by atoms with Gasteiger partial charge in [0.25, 0.3) is 0 Å². The third kappa shape index (κ3) is 3.58. The molecule has 1 N–H and O–H groups in total.